The van der Waals surface area contributed by atoms with Gasteiger partial charge in [0.1, 0.15) is 5.82 Å². The van der Waals surface area contributed by atoms with Gasteiger partial charge in [0, 0.05) is 43.3 Å². The first-order chi connectivity index (χ1) is 14.0. The molecular weight excluding hydrogens is 371 g/mol. The van der Waals surface area contributed by atoms with Crippen LogP contribution in [0.3, 0.4) is 0 Å². The number of rotatable bonds is 4. The highest BCUT2D eigenvalue weighted by atomic mass is 19.1. The average molecular weight is 394 g/mol. The minimum Gasteiger partial charge on any atom is -0.368 e. The first-order valence-electron chi connectivity index (χ1n) is 9.64. The summed E-state index contributed by atoms with van der Waals surface area (Å²) in [6.45, 7) is 5.01. The Morgan fingerprint density at radius 2 is 1.79 bits per heavy atom. The van der Waals surface area contributed by atoms with E-state index in [2.05, 4.69) is 20.1 Å². The lowest BCUT2D eigenvalue weighted by Crippen LogP contribution is -2.49. The molecule has 1 saturated heterocycles. The zero-order valence-electron chi connectivity index (χ0n) is 16.2. The summed E-state index contributed by atoms with van der Waals surface area (Å²) in [5, 5.41) is 3.61. The maximum absolute atomic E-state index is 13.7. The lowest BCUT2D eigenvalue weighted by molar-refractivity contribution is -0.117. The number of fused-ring (bicyclic) bond motifs is 1. The van der Waals surface area contributed by atoms with E-state index < -0.39 is 0 Å². The number of benzene rings is 2. The van der Waals surface area contributed by atoms with E-state index in [1.807, 2.05) is 31.2 Å². The smallest absolute Gasteiger partial charge is 0.250 e. The third kappa shape index (κ3) is 4.46. The number of aryl methyl sites for hydroxylation is 1. The van der Waals surface area contributed by atoms with Crippen molar-refractivity contribution in [2.45, 2.75) is 6.92 Å². The largest absolute Gasteiger partial charge is 0.368 e. The number of amides is 1. The summed E-state index contributed by atoms with van der Waals surface area (Å²) in [4.78, 5) is 31.2. The molecule has 1 amide bonds. The predicted molar refractivity (Wildman–Crippen MR) is 113 cm³/mol. The molecule has 1 aliphatic rings. The van der Waals surface area contributed by atoms with Gasteiger partial charge in [-0.2, -0.15) is 0 Å². The van der Waals surface area contributed by atoms with Gasteiger partial charge in [0.05, 0.1) is 17.7 Å². The first kappa shape index (κ1) is 19.1. The Morgan fingerprint density at radius 3 is 2.52 bits per heavy atom. The summed E-state index contributed by atoms with van der Waals surface area (Å²) in [6.07, 6.45) is 0. The van der Waals surface area contributed by atoms with E-state index in [4.69, 9.17) is 0 Å². The number of hydrogen-bond donors (Lipinski definition) is 2. The predicted octanol–water partition coefficient (Wildman–Crippen LogP) is 2.74. The Labute approximate surface area is 167 Å². The summed E-state index contributed by atoms with van der Waals surface area (Å²) in [5.41, 5.74) is 3.07. The third-order valence-electron chi connectivity index (χ3n) is 5.20. The molecule has 0 aliphatic carbocycles. The number of aromatic amines is 1. The standard InChI is InChI=1S/C22H23FN4O2/c1-15-2-5-17(6-3-15)24-22(29)14-26-8-10-27(11-9-26)20-13-21(28)25-19-7-4-16(23)12-18(19)20/h2-7,12-13H,8-11,14H2,1H3,(H,24,29)(H,25,28). The number of nitrogens with zero attached hydrogens (tertiary/aromatic N) is 2. The minimum atomic E-state index is -0.336. The minimum absolute atomic E-state index is 0.0500. The Balaban J connectivity index is 1.40. The van der Waals surface area contributed by atoms with Crippen LogP contribution in [0.2, 0.25) is 0 Å². The van der Waals surface area contributed by atoms with Gasteiger partial charge in [0.2, 0.25) is 11.5 Å². The lowest BCUT2D eigenvalue weighted by atomic mass is 10.1. The molecule has 1 aromatic heterocycles. The molecule has 0 radical (unpaired) electrons. The van der Waals surface area contributed by atoms with E-state index in [1.165, 1.54) is 18.2 Å². The van der Waals surface area contributed by atoms with Gasteiger partial charge in [-0.15, -0.1) is 0 Å². The molecule has 2 N–H and O–H groups in total. The van der Waals surface area contributed by atoms with Gasteiger partial charge in [-0.1, -0.05) is 17.7 Å². The van der Waals surface area contributed by atoms with Gasteiger partial charge in [0.25, 0.3) is 0 Å². The van der Waals surface area contributed by atoms with Crippen molar-refractivity contribution in [2.24, 2.45) is 0 Å². The molecular formula is C22H23FN4O2. The number of nitrogens with one attached hydrogen (secondary N) is 2. The number of carbonyl (C=O) groups excluding carboxylic acids is 1. The average Bonchev–Trinajstić information content (AvgIpc) is 2.70. The molecule has 2 aromatic carbocycles. The Bertz CT molecular complexity index is 1090. The molecule has 0 bridgehead atoms. The van der Waals surface area contributed by atoms with Gasteiger partial charge in [-0.05, 0) is 37.3 Å². The van der Waals surface area contributed by atoms with E-state index in [0.29, 0.717) is 43.6 Å². The summed E-state index contributed by atoms with van der Waals surface area (Å²) in [6, 6.07) is 13.6. The molecule has 4 rings (SSSR count). The second-order valence-electron chi connectivity index (χ2n) is 7.39. The van der Waals surface area contributed by atoms with Gasteiger partial charge in [-0.25, -0.2) is 4.39 Å². The van der Waals surface area contributed by atoms with Crippen molar-refractivity contribution < 1.29 is 9.18 Å². The van der Waals surface area contributed by atoms with Crippen LogP contribution in [0.15, 0.2) is 53.3 Å². The van der Waals surface area contributed by atoms with Crippen LogP contribution in [0, 0.1) is 12.7 Å². The van der Waals surface area contributed by atoms with Crippen LogP contribution in [0.4, 0.5) is 15.8 Å². The number of hydrogen-bond acceptors (Lipinski definition) is 4. The highest BCUT2D eigenvalue weighted by Crippen LogP contribution is 2.25. The monoisotopic (exact) mass is 394 g/mol. The maximum Gasteiger partial charge on any atom is 0.250 e. The lowest BCUT2D eigenvalue weighted by Gasteiger charge is -2.36. The van der Waals surface area contributed by atoms with Crippen LogP contribution in [0.5, 0.6) is 0 Å². The topological polar surface area (TPSA) is 68.4 Å². The van der Waals surface area contributed by atoms with Crippen LogP contribution < -0.4 is 15.8 Å². The number of H-pyrrole nitrogens is 1. The van der Waals surface area contributed by atoms with E-state index in [0.717, 1.165) is 16.9 Å². The fourth-order valence-electron chi connectivity index (χ4n) is 3.66. The molecule has 0 spiro atoms. The third-order valence-corrected chi connectivity index (χ3v) is 5.20. The summed E-state index contributed by atoms with van der Waals surface area (Å²) in [5.74, 6) is -0.386. The quantitative estimate of drug-likeness (QED) is 0.714. The van der Waals surface area contributed by atoms with Crippen LogP contribution >= 0.6 is 0 Å². The van der Waals surface area contributed by atoms with Gasteiger partial charge in [-0.3, -0.25) is 14.5 Å². The summed E-state index contributed by atoms with van der Waals surface area (Å²) >= 11 is 0. The van der Waals surface area contributed by atoms with Crippen LogP contribution in [-0.4, -0.2) is 48.5 Å². The van der Waals surface area contributed by atoms with E-state index in [1.54, 1.807) is 6.07 Å². The second-order valence-corrected chi connectivity index (χ2v) is 7.39. The molecule has 2 heterocycles. The van der Waals surface area contributed by atoms with Crippen molar-refractivity contribution in [1.29, 1.82) is 0 Å². The fourth-order valence-corrected chi connectivity index (χ4v) is 3.66. The Hall–Kier alpha value is -3.19. The molecule has 7 heteroatoms. The first-order valence-corrected chi connectivity index (χ1v) is 9.64. The van der Waals surface area contributed by atoms with Crippen molar-refractivity contribution >= 4 is 28.2 Å². The molecule has 3 aromatic rings. The second kappa shape index (κ2) is 8.05. The molecule has 29 heavy (non-hydrogen) atoms. The number of pyridine rings is 1. The van der Waals surface area contributed by atoms with Crippen LogP contribution in [0.1, 0.15) is 5.56 Å². The van der Waals surface area contributed by atoms with E-state index in [-0.39, 0.29) is 17.3 Å². The molecule has 1 aliphatic heterocycles. The van der Waals surface area contributed by atoms with E-state index >= 15 is 0 Å². The van der Waals surface area contributed by atoms with Crippen molar-refractivity contribution in [3.8, 4) is 0 Å². The molecule has 0 atom stereocenters. The molecule has 0 saturated carbocycles. The highest BCUT2D eigenvalue weighted by Gasteiger charge is 2.21. The normalized spacial score (nSPS) is 14.9. The number of aromatic nitrogens is 1. The number of piperazine rings is 1. The molecule has 1 fully saturated rings. The number of halogens is 1. The van der Waals surface area contributed by atoms with Gasteiger partial charge >= 0.3 is 0 Å². The SMILES string of the molecule is Cc1ccc(NC(=O)CN2CCN(c3cc(=O)[nH]c4ccc(F)cc34)CC2)cc1. The maximum atomic E-state index is 13.7. The zero-order valence-corrected chi connectivity index (χ0v) is 16.2. The van der Waals surface area contributed by atoms with Gasteiger partial charge < -0.3 is 15.2 Å². The molecule has 150 valence electrons. The van der Waals surface area contributed by atoms with Crippen molar-refractivity contribution in [2.75, 3.05) is 42.9 Å². The Kier molecular flexibility index (Phi) is 5.31. The molecule has 0 unspecified atom stereocenters. The van der Waals surface area contributed by atoms with Gasteiger partial charge in [0.15, 0.2) is 0 Å². The Morgan fingerprint density at radius 1 is 1.07 bits per heavy atom. The molecule has 6 nitrogen and oxygen atoms in total. The number of carbonyl (C=O) groups is 1. The van der Waals surface area contributed by atoms with Crippen molar-refractivity contribution in [3.63, 3.8) is 0 Å². The van der Waals surface area contributed by atoms with Crippen LogP contribution in [0.25, 0.3) is 10.9 Å². The number of anilines is 2. The highest BCUT2D eigenvalue weighted by molar-refractivity contribution is 5.93. The summed E-state index contributed by atoms with van der Waals surface area (Å²) < 4.78 is 13.7. The van der Waals surface area contributed by atoms with Crippen molar-refractivity contribution in [1.82, 2.24) is 9.88 Å². The van der Waals surface area contributed by atoms with Crippen LogP contribution in [-0.2, 0) is 4.79 Å². The summed E-state index contributed by atoms with van der Waals surface area (Å²) in [7, 11) is 0. The van der Waals surface area contributed by atoms with E-state index in [9.17, 15) is 14.0 Å². The zero-order chi connectivity index (χ0) is 20.4. The fraction of sp³-hybridized carbons (Fsp3) is 0.273. The van der Waals surface area contributed by atoms with Crippen molar-refractivity contribution in [3.05, 3.63) is 70.3 Å².